The van der Waals surface area contributed by atoms with Crippen molar-refractivity contribution in [1.29, 1.82) is 0 Å². The van der Waals surface area contributed by atoms with Gasteiger partial charge in [0.2, 0.25) is 11.0 Å². The number of rotatable bonds is 4. The summed E-state index contributed by atoms with van der Waals surface area (Å²) in [4.78, 5) is 7.30. The van der Waals surface area contributed by atoms with Crippen LogP contribution in [0.2, 0.25) is 0 Å². The third-order valence-corrected chi connectivity index (χ3v) is 4.82. The summed E-state index contributed by atoms with van der Waals surface area (Å²) in [6.07, 6.45) is 0.895. The monoisotopic (exact) mass is 366 g/mol. The molecular formula is C19H15FN4OS. The van der Waals surface area contributed by atoms with Crippen molar-refractivity contribution < 1.29 is 9.50 Å². The Kier molecular flexibility index (Phi) is 4.22. The molecule has 2 heterocycles. The summed E-state index contributed by atoms with van der Waals surface area (Å²) in [7, 11) is 0. The molecule has 0 fully saturated rings. The molecule has 0 aliphatic rings. The summed E-state index contributed by atoms with van der Waals surface area (Å²) in [6, 6.07) is 12.0. The fraction of sp³-hybridized carbons (Fsp3) is 0.105. The van der Waals surface area contributed by atoms with E-state index in [1.54, 1.807) is 12.1 Å². The molecule has 0 saturated carbocycles. The molecule has 2 aromatic heterocycles. The standard InChI is InChI=1S/C19H15FN4OS/c1-2-11-3-8-15-14(9-11)17(18(25)21-15)23-24-19-22-16(10-26-19)12-4-6-13(20)7-5-12/h3-10,21,25H,2H2,1H3. The van der Waals surface area contributed by atoms with Gasteiger partial charge in [-0.3, -0.25) is 0 Å². The van der Waals surface area contributed by atoms with Crippen molar-refractivity contribution in [2.24, 2.45) is 10.2 Å². The molecule has 26 heavy (non-hydrogen) atoms. The van der Waals surface area contributed by atoms with Gasteiger partial charge in [-0.2, -0.15) is 0 Å². The summed E-state index contributed by atoms with van der Waals surface area (Å²) in [5.41, 5.74) is 3.88. The minimum atomic E-state index is -0.287. The zero-order valence-electron chi connectivity index (χ0n) is 13.9. The molecule has 0 bridgehead atoms. The Morgan fingerprint density at radius 1 is 1.15 bits per heavy atom. The SMILES string of the molecule is CCc1ccc2[nH]c(O)c(N=Nc3nc(-c4ccc(F)cc4)cs3)c2c1. The molecule has 130 valence electrons. The number of aromatic amines is 1. The van der Waals surface area contributed by atoms with Crippen LogP contribution in [0.5, 0.6) is 5.88 Å². The number of H-pyrrole nitrogens is 1. The highest BCUT2D eigenvalue weighted by Gasteiger charge is 2.11. The Hall–Kier alpha value is -3.06. The highest BCUT2D eigenvalue weighted by atomic mass is 32.1. The summed E-state index contributed by atoms with van der Waals surface area (Å²) in [5.74, 6) is -0.308. The van der Waals surface area contributed by atoms with Gasteiger partial charge in [0.15, 0.2) is 5.69 Å². The number of nitrogens with zero attached hydrogens (tertiary/aromatic N) is 3. The molecule has 0 saturated heterocycles. The van der Waals surface area contributed by atoms with E-state index in [1.807, 2.05) is 23.6 Å². The third-order valence-electron chi connectivity index (χ3n) is 4.09. The van der Waals surface area contributed by atoms with E-state index >= 15 is 0 Å². The summed E-state index contributed by atoms with van der Waals surface area (Å²) >= 11 is 1.33. The van der Waals surface area contributed by atoms with Gasteiger partial charge in [-0.15, -0.1) is 21.6 Å². The van der Waals surface area contributed by atoms with E-state index in [0.29, 0.717) is 16.5 Å². The van der Waals surface area contributed by atoms with Crippen LogP contribution >= 0.6 is 11.3 Å². The molecule has 0 atom stereocenters. The van der Waals surface area contributed by atoms with Gasteiger partial charge in [0.05, 0.1) is 11.2 Å². The van der Waals surface area contributed by atoms with E-state index < -0.39 is 0 Å². The lowest BCUT2D eigenvalue weighted by molar-refractivity contribution is 0.459. The Morgan fingerprint density at radius 2 is 1.96 bits per heavy atom. The van der Waals surface area contributed by atoms with Crippen molar-refractivity contribution in [3.63, 3.8) is 0 Å². The van der Waals surface area contributed by atoms with Gasteiger partial charge < -0.3 is 10.1 Å². The maximum absolute atomic E-state index is 13.0. The number of aryl methyl sites for hydroxylation is 1. The Morgan fingerprint density at radius 3 is 2.73 bits per heavy atom. The Bertz CT molecular complexity index is 1100. The quantitative estimate of drug-likeness (QED) is 0.427. The molecule has 0 spiro atoms. The minimum Gasteiger partial charge on any atom is -0.493 e. The van der Waals surface area contributed by atoms with Crippen LogP contribution in [0.3, 0.4) is 0 Å². The van der Waals surface area contributed by atoms with E-state index in [1.165, 1.54) is 23.5 Å². The Labute approximate surface area is 152 Å². The molecule has 7 heteroatoms. The third kappa shape index (κ3) is 3.09. The molecular weight excluding hydrogens is 351 g/mol. The molecule has 5 nitrogen and oxygen atoms in total. The van der Waals surface area contributed by atoms with Crippen molar-refractivity contribution in [2.45, 2.75) is 13.3 Å². The molecule has 4 rings (SSSR count). The number of aromatic hydroxyl groups is 1. The van der Waals surface area contributed by atoms with Crippen LogP contribution in [0.15, 0.2) is 58.1 Å². The van der Waals surface area contributed by atoms with Gasteiger partial charge >= 0.3 is 0 Å². The van der Waals surface area contributed by atoms with Crippen LogP contribution < -0.4 is 0 Å². The van der Waals surface area contributed by atoms with Crippen molar-refractivity contribution >= 4 is 33.1 Å². The first-order chi connectivity index (χ1) is 12.6. The van der Waals surface area contributed by atoms with Gasteiger partial charge in [0.1, 0.15) is 5.82 Å². The zero-order chi connectivity index (χ0) is 18.1. The van der Waals surface area contributed by atoms with Crippen LogP contribution in [0.4, 0.5) is 15.2 Å². The molecule has 0 radical (unpaired) electrons. The van der Waals surface area contributed by atoms with Crippen LogP contribution in [0.1, 0.15) is 12.5 Å². The normalized spacial score (nSPS) is 11.6. The maximum atomic E-state index is 13.0. The second-order valence-electron chi connectivity index (χ2n) is 5.78. The first-order valence-corrected chi connectivity index (χ1v) is 8.99. The maximum Gasteiger partial charge on any atom is 0.230 e. The number of aromatic nitrogens is 2. The number of benzene rings is 2. The number of azo groups is 1. The van der Waals surface area contributed by atoms with E-state index in [9.17, 15) is 9.50 Å². The molecule has 0 aliphatic heterocycles. The van der Waals surface area contributed by atoms with Gasteiger partial charge in [0.25, 0.3) is 0 Å². The molecule has 0 aliphatic carbocycles. The van der Waals surface area contributed by atoms with Gasteiger partial charge in [0, 0.05) is 16.3 Å². The fourth-order valence-electron chi connectivity index (χ4n) is 2.69. The number of hydrogen-bond acceptors (Lipinski definition) is 5. The summed E-state index contributed by atoms with van der Waals surface area (Å²) in [5, 5.41) is 21.6. The van der Waals surface area contributed by atoms with Crippen molar-refractivity contribution in [3.05, 3.63) is 59.2 Å². The minimum absolute atomic E-state index is 0.0210. The Balaban J connectivity index is 1.65. The average molecular weight is 366 g/mol. The van der Waals surface area contributed by atoms with Gasteiger partial charge in [-0.1, -0.05) is 13.0 Å². The largest absolute Gasteiger partial charge is 0.493 e. The second-order valence-corrected chi connectivity index (χ2v) is 6.61. The number of fused-ring (bicyclic) bond motifs is 1. The second kappa shape index (κ2) is 6.68. The van der Waals surface area contributed by atoms with Crippen molar-refractivity contribution in [1.82, 2.24) is 9.97 Å². The van der Waals surface area contributed by atoms with Gasteiger partial charge in [-0.25, -0.2) is 9.37 Å². The molecule has 0 unspecified atom stereocenters. The van der Waals surface area contributed by atoms with Crippen LogP contribution in [0, 0.1) is 5.82 Å². The zero-order valence-corrected chi connectivity index (χ0v) is 14.7. The number of hydrogen-bond donors (Lipinski definition) is 2. The van der Waals surface area contributed by atoms with Crippen molar-refractivity contribution in [2.75, 3.05) is 0 Å². The molecule has 4 aromatic rings. The van der Waals surface area contributed by atoms with Crippen molar-refractivity contribution in [3.8, 4) is 17.1 Å². The first-order valence-electron chi connectivity index (χ1n) is 8.11. The van der Waals surface area contributed by atoms with E-state index in [2.05, 4.69) is 27.1 Å². The van der Waals surface area contributed by atoms with E-state index in [0.717, 1.165) is 28.5 Å². The van der Waals surface area contributed by atoms with E-state index in [-0.39, 0.29) is 11.7 Å². The highest BCUT2D eigenvalue weighted by Crippen LogP contribution is 2.37. The molecule has 2 N–H and O–H groups in total. The van der Waals surface area contributed by atoms with E-state index in [4.69, 9.17) is 0 Å². The predicted molar refractivity (Wildman–Crippen MR) is 101 cm³/mol. The molecule has 2 aromatic carbocycles. The topological polar surface area (TPSA) is 73.6 Å². The lowest BCUT2D eigenvalue weighted by Crippen LogP contribution is -1.78. The fourth-order valence-corrected chi connectivity index (χ4v) is 3.33. The lowest BCUT2D eigenvalue weighted by atomic mass is 10.1. The van der Waals surface area contributed by atoms with Crippen LogP contribution in [-0.4, -0.2) is 15.1 Å². The number of thiazole rings is 1. The van der Waals surface area contributed by atoms with Crippen LogP contribution in [0.25, 0.3) is 22.2 Å². The average Bonchev–Trinajstić information content (AvgIpc) is 3.24. The number of nitrogens with one attached hydrogen (secondary N) is 1. The highest BCUT2D eigenvalue weighted by molar-refractivity contribution is 7.13. The summed E-state index contributed by atoms with van der Waals surface area (Å²) < 4.78 is 13.0. The first kappa shape index (κ1) is 16.4. The smallest absolute Gasteiger partial charge is 0.230 e. The predicted octanol–water partition coefficient (Wildman–Crippen LogP) is 6.11. The lowest BCUT2D eigenvalue weighted by Gasteiger charge is -1.96. The van der Waals surface area contributed by atoms with Gasteiger partial charge in [-0.05, 0) is 48.4 Å². The number of halogens is 1. The molecule has 0 amide bonds. The van der Waals surface area contributed by atoms with Crippen LogP contribution in [-0.2, 0) is 6.42 Å². The summed E-state index contributed by atoms with van der Waals surface area (Å²) in [6.45, 7) is 2.07.